The highest BCUT2D eigenvalue weighted by Gasteiger charge is 2.28. The van der Waals surface area contributed by atoms with Gasteiger partial charge in [-0.2, -0.15) is 0 Å². The van der Waals surface area contributed by atoms with Gasteiger partial charge >= 0.3 is 5.97 Å². The summed E-state index contributed by atoms with van der Waals surface area (Å²) in [5.74, 6) is -2.39. The summed E-state index contributed by atoms with van der Waals surface area (Å²) in [5.41, 5.74) is 8.19. The normalized spacial score (nSPS) is 13.2. The van der Waals surface area contributed by atoms with E-state index < -0.39 is 35.9 Å². The molecule has 0 aromatic heterocycles. The number of benzene rings is 3. The highest BCUT2D eigenvalue weighted by atomic mass is 16.4. The van der Waals surface area contributed by atoms with Gasteiger partial charge in [0.2, 0.25) is 11.8 Å². The average Bonchev–Trinajstić information content (AvgIpc) is 2.86. The number of nitrogens with two attached hydrogens (primary N) is 1. The van der Waals surface area contributed by atoms with Gasteiger partial charge in [-0.1, -0.05) is 54.6 Å². The van der Waals surface area contributed by atoms with Crippen molar-refractivity contribution in [1.29, 1.82) is 0 Å². The van der Waals surface area contributed by atoms with E-state index in [1.807, 2.05) is 30.3 Å². The molecule has 188 valence electrons. The van der Waals surface area contributed by atoms with Crippen LogP contribution in [-0.2, 0) is 33.6 Å². The topological polar surface area (TPSA) is 162 Å². The van der Waals surface area contributed by atoms with Gasteiger partial charge in [0.25, 0.3) is 0 Å². The van der Waals surface area contributed by atoms with Gasteiger partial charge in [-0.3, -0.25) is 9.59 Å². The number of aliphatic carboxylic acids is 1. The third kappa shape index (κ3) is 7.85. The van der Waals surface area contributed by atoms with Gasteiger partial charge in [0.05, 0.1) is 6.04 Å². The molecule has 0 bridgehead atoms. The van der Waals surface area contributed by atoms with Crippen LogP contribution >= 0.6 is 0 Å². The molecule has 3 aromatic rings. The molecular weight excluding hydrogens is 462 g/mol. The molecule has 3 rings (SSSR count). The van der Waals surface area contributed by atoms with E-state index in [0.29, 0.717) is 11.1 Å². The molecule has 0 saturated carbocycles. The van der Waals surface area contributed by atoms with Crippen molar-refractivity contribution in [2.45, 2.75) is 37.4 Å². The van der Waals surface area contributed by atoms with E-state index >= 15 is 0 Å². The van der Waals surface area contributed by atoms with Gasteiger partial charge < -0.3 is 31.7 Å². The number of carbonyl (C=O) groups is 3. The lowest BCUT2D eigenvalue weighted by atomic mass is 10.0. The Kier molecular flexibility index (Phi) is 9.01. The number of carbonyl (C=O) groups excluding carboxylic acids is 2. The summed E-state index contributed by atoms with van der Waals surface area (Å²) in [5, 5.41) is 33.8. The molecule has 9 heteroatoms. The van der Waals surface area contributed by atoms with Gasteiger partial charge in [-0.05, 0) is 47.4 Å². The minimum Gasteiger partial charge on any atom is -0.508 e. The molecule has 7 N–H and O–H groups in total. The monoisotopic (exact) mass is 491 g/mol. The molecule has 3 aromatic carbocycles. The summed E-state index contributed by atoms with van der Waals surface area (Å²) in [7, 11) is 0. The second kappa shape index (κ2) is 12.4. The summed E-state index contributed by atoms with van der Waals surface area (Å²) < 4.78 is 0. The van der Waals surface area contributed by atoms with Gasteiger partial charge in [0.1, 0.15) is 23.6 Å². The highest BCUT2D eigenvalue weighted by Crippen LogP contribution is 2.14. The van der Waals surface area contributed by atoms with Crippen LogP contribution in [0.25, 0.3) is 0 Å². The van der Waals surface area contributed by atoms with E-state index in [1.165, 1.54) is 24.3 Å². The van der Waals surface area contributed by atoms with Crippen molar-refractivity contribution >= 4 is 17.8 Å². The Balaban J connectivity index is 1.74. The highest BCUT2D eigenvalue weighted by molar-refractivity contribution is 5.92. The van der Waals surface area contributed by atoms with Crippen molar-refractivity contribution < 1.29 is 29.7 Å². The summed E-state index contributed by atoms with van der Waals surface area (Å²) in [6, 6.07) is 18.0. The standard InChI is InChI=1S/C27H29N3O6/c28-22(14-17-4-2-1-3-5-17)25(33)29-23(15-18-6-10-20(31)11-7-18)26(34)30-24(27(35)36)16-19-8-12-21(32)13-9-19/h1-13,22-24,31-32H,14-16,28H2,(H,29,33)(H,30,34)(H,35,36). The first-order valence-corrected chi connectivity index (χ1v) is 11.4. The maximum atomic E-state index is 13.2. The van der Waals surface area contributed by atoms with E-state index in [2.05, 4.69) is 10.6 Å². The van der Waals surface area contributed by atoms with Crippen LogP contribution in [0.2, 0.25) is 0 Å². The minimum atomic E-state index is -1.26. The van der Waals surface area contributed by atoms with E-state index in [0.717, 1.165) is 5.56 Å². The van der Waals surface area contributed by atoms with Gasteiger partial charge in [-0.15, -0.1) is 0 Å². The first-order chi connectivity index (χ1) is 17.2. The van der Waals surface area contributed by atoms with E-state index in [4.69, 9.17) is 5.73 Å². The van der Waals surface area contributed by atoms with Crippen molar-refractivity contribution in [2.75, 3.05) is 0 Å². The Hall–Kier alpha value is -4.37. The number of phenolic OH excluding ortho intramolecular Hbond substituents is 2. The Morgan fingerprint density at radius 2 is 1.08 bits per heavy atom. The number of aromatic hydroxyl groups is 2. The van der Waals surface area contributed by atoms with E-state index in [9.17, 15) is 29.7 Å². The van der Waals surface area contributed by atoms with Crippen molar-refractivity contribution in [2.24, 2.45) is 5.73 Å². The largest absolute Gasteiger partial charge is 0.508 e. The Morgan fingerprint density at radius 3 is 1.58 bits per heavy atom. The average molecular weight is 492 g/mol. The molecule has 0 fully saturated rings. The van der Waals surface area contributed by atoms with E-state index in [-0.39, 0.29) is 30.8 Å². The fourth-order valence-corrected chi connectivity index (χ4v) is 3.66. The molecule has 0 heterocycles. The van der Waals surface area contributed by atoms with Crippen LogP contribution < -0.4 is 16.4 Å². The zero-order valence-corrected chi connectivity index (χ0v) is 19.5. The van der Waals surface area contributed by atoms with Gasteiger partial charge in [-0.25, -0.2) is 4.79 Å². The zero-order valence-electron chi connectivity index (χ0n) is 19.5. The molecule has 0 aliphatic rings. The van der Waals surface area contributed by atoms with Crippen LogP contribution in [0.3, 0.4) is 0 Å². The maximum absolute atomic E-state index is 13.2. The number of hydrogen-bond donors (Lipinski definition) is 6. The number of nitrogens with one attached hydrogen (secondary N) is 2. The van der Waals surface area contributed by atoms with Crippen molar-refractivity contribution in [3.05, 3.63) is 95.6 Å². The third-order valence-electron chi connectivity index (χ3n) is 5.64. The van der Waals surface area contributed by atoms with Gasteiger partial charge in [0.15, 0.2) is 0 Å². The second-order valence-electron chi connectivity index (χ2n) is 8.50. The van der Waals surface area contributed by atoms with Crippen LogP contribution in [0.15, 0.2) is 78.9 Å². The van der Waals surface area contributed by atoms with Gasteiger partial charge in [0, 0.05) is 12.8 Å². The van der Waals surface area contributed by atoms with Crippen molar-refractivity contribution in [3.8, 4) is 11.5 Å². The molecule has 0 aliphatic heterocycles. The lowest BCUT2D eigenvalue weighted by molar-refractivity contribution is -0.142. The molecule has 9 nitrogen and oxygen atoms in total. The van der Waals surface area contributed by atoms with Crippen LogP contribution in [-0.4, -0.2) is 51.2 Å². The van der Waals surface area contributed by atoms with Crippen LogP contribution in [0, 0.1) is 0 Å². The molecule has 0 spiro atoms. The number of amides is 2. The molecule has 3 atom stereocenters. The van der Waals surface area contributed by atoms with Crippen molar-refractivity contribution in [1.82, 2.24) is 10.6 Å². The first kappa shape index (κ1) is 26.2. The quantitative estimate of drug-likeness (QED) is 0.237. The number of carboxylic acid groups (broad SMARTS) is 1. The third-order valence-corrected chi connectivity index (χ3v) is 5.64. The first-order valence-electron chi connectivity index (χ1n) is 11.4. The smallest absolute Gasteiger partial charge is 0.326 e. The second-order valence-corrected chi connectivity index (χ2v) is 8.50. The number of phenols is 2. The Morgan fingerprint density at radius 1 is 0.639 bits per heavy atom. The zero-order chi connectivity index (χ0) is 26.1. The van der Waals surface area contributed by atoms with Crippen LogP contribution in [0.5, 0.6) is 11.5 Å². The predicted molar refractivity (Wildman–Crippen MR) is 133 cm³/mol. The summed E-state index contributed by atoms with van der Waals surface area (Å²) >= 11 is 0. The Labute approximate surface area is 208 Å². The summed E-state index contributed by atoms with van der Waals surface area (Å²) in [6.45, 7) is 0. The fraction of sp³-hybridized carbons (Fsp3) is 0.222. The fourth-order valence-electron chi connectivity index (χ4n) is 3.66. The number of carboxylic acids is 1. The van der Waals surface area contributed by atoms with Crippen LogP contribution in [0.1, 0.15) is 16.7 Å². The lowest BCUT2D eigenvalue weighted by Crippen LogP contribution is -2.55. The molecule has 0 saturated heterocycles. The van der Waals surface area contributed by atoms with Crippen LogP contribution in [0.4, 0.5) is 0 Å². The number of rotatable bonds is 11. The van der Waals surface area contributed by atoms with Crippen molar-refractivity contribution in [3.63, 3.8) is 0 Å². The van der Waals surface area contributed by atoms with E-state index in [1.54, 1.807) is 24.3 Å². The minimum absolute atomic E-state index is 0.0191. The summed E-state index contributed by atoms with van der Waals surface area (Å²) in [6.07, 6.45) is 0.301. The lowest BCUT2D eigenvalue weighted by Gasteiger charge is -2.23. The molecular formula is C27H29N3O6. The number of hydrogen-bond acceptors (Lipinski definition) is 6. The molecule has 3 unspecified atom stereocenters. The maximum Gasteiger partial charge on any atom is 0.326 e. The molecule has 36 heavy (non-hydrogen) atoms. The Bertz CT molecular complexity index is 1170. The SMILES string of the molecule is NC(Cc1ccccc1)C(=O)NC(Cc1ccc(O)cc1)C(=O)NC(Cc1ccc(O)cc1)C(=O)O. The predicted octanol–water partition coefficient (Wildman–Crippen LogP) is 1.51. The molecule has 2 amide bonds. The molecule has 0 aliphatic carbocycles. The molecule has 0 radical (unpaired) electrons. The summed E-state index contributed by atoms with van der Waals surface area (Å²) in [4.78, 5) is 37.9.